The molecule has 0 aliphatic heterocycles. The summed E-state index contributed by atoms with van der Waals surface area (Å²) in [5, 5.41) is 3.48. The molecule has 0 radical (unpaired) electrons. The average molecular weight is 449 g/mol. The van der Waals surface area contributed by atoms with Gasteiger partial charge in [0.15, 0.2) is 10.9 Å². The first-order valence-corrected chi connectivity index (χ1v) is 11.5. The van der Waals surface area contributed by atoms with Gasteiger partial charge in [-0.1, -0.05) is 61.4 Å². The van der Waals surface area contributed by atoms with Crippen LogP contribution in [-0.2, 0) is 0 Å². The molecular formula is C26H22F2N2OS. The molecule has 6 heteroatoms. The Hall–Kier alpha value is -3.12. The lowest BCUT2D eigenvalue weighted by atomic mass is 9.80. The molecule has 0 atom stereocenters. The van der Waals surface area contributed by atoms with Crippen LogP contribution in [0.4, 0.5) is 19.6 Å². The van der Waals surface area contributed by atoms with E-state index in [2.05, 4.69) is 17.2 Å². The van der Waals surface area contributed by atoms with Crippen LogP contribution in [0.5, 0.6) is 0 Å². The Bertz CT molecular complexity index is 1310. The SMILES string of the molecule is CC1(C(=O)c2ccc(-c3ccc(Nc4nc5ccc(F)cc5s4)c(F)c3)cc2)CCCC1. The first-order chi connectivity index (χ1) is 15.4. The van der Waals surface area contributed by atoms with Gasteiger partial charge in [0, 0.05) is 11.0 Å². The van der Waals surface area contributed by atoms with Crippen LogP contribution in [0.1, 0.15) is 43.0 Å². The Kier molecular flexibility index (Phi) is 5.25. The molecule has 0 amide bonds. The van der Waals surface area contributed by atoms with Crippen LogP contribution in [0.25, 0.3) is 21.3 Å². The minimum Gasteiger partial charge on any atom is -0.329 e. The largest absolute Gasteiger partial charge is 0.329 e. The molecule has 0 unspecified atom stereocenters. The number of Topliss-reactive ketones (excluding diaryl/α,β-unsaturated/α-hetero) is 1. The van der Waals surface area contributed by atoms with Gasteiger partial charge in [-0.2, -0.15) is 0 Å². The van der Waals surface area contributed by atoms with E-state index >= 15 is 0 Å². The van der Waals surface area contributed by atoms with E-state index in [-0.39, 0.29) is 17.0 Å². The molecule has 3 nitrogen and oxygen atoms in total. The standard InChI is InChI=1S/C26H22F2N2OS/c1-26(12-2-3-13-26)24(31)17-6-4-16(5-7-17)18-8-10-21(20(28)14-18)29-25-30-22-11-9-19(27)15-23(22)32-25/h4-11,14-15H,2-3,12-13H2,1H3,(H,29,30). The number of hydrogen-bond donors (Lipinski definition) is 1. The van der Waals surface area contributed by atoms with Gasteiger partial charge in [-0.05, 0) is 54.3 Å². The van der Waals surface area contributed by atoms with E-state index in [0.29, 0.717) is 26.6 Å². The van der Waals surface area contributed by atoms with Gasteiger partial charge in [-0.25, -0.2) is 13.8 Å². The van der Waals surface area contributed by atoms with Gasteiger partial charge in [0.05, 0.1) is 15.9 Å². The number of carbonyl (C=O) groups excluding carboxylic acids is 1. The lowest BCUT2D eigenvalue weighted by Gasteiger charge is -2.21. The van der Waals surface area contributed by atoms with Crippen LogP contribution >= 0.6 is 11.3 Å². The fourth-order valence-electron chi connectivity index (χ4n) is 4.41. The molecule has 1 aliphatic carbocycles. The predicted octanol–water partition coefficient (Wildman–Crippen LogP) is 7.75. The first-order valence-electron chi connectivity index (χ1n) is 10.7. The minimum atomic E-state index is -0.411. The van der Waals surface area contributed by atoms with E-state index in [4.69, 9.17) is 0 Å². The van der Waals surface area contributed by atoms with Crippen molar-refractivity contribution in [1.82, 2.24) is 4.98 Å². The number of thiazole rings is 1. The van der Waals surface area contributed by atoms with Gasteiger partial charge in [-0.15, -0.1) is 0 Å². The van der Waals surface area contributed by atoms with Crippen LogP contribution in [0.15, 0.2) is 60.7 Å². The number of anilines is 2. The number of carbonyl (C=O) groups is 1. The zero-order valence-electron chi connectivity index (χ0n) is 17.6. The third-order valence-electron chi connectivity index (χ3n) is 6.30. The Labute approximate surface area is 189 Å². The summed E-state index contributed by atoms with van der Waals surface area (Å²) < 4.78 is 28.9. The van der Waals surface area contributed by atoms with E-state index in [1.165, 1.54) is 29.5 Å². The third-order valence-corrected chi connectivity index (χ3v) is 7.23. The Morgan fingerprint density at radius 1 is 0.969 bits per heavy atom. The average Bonchev–Trinajstić information content (AvgIpc) is 3.41. The number of benzene rings is 3. The van der Waals surface area contributed by atoms with Crippen molar-refractivity contribution in [2.24, 2.45) is 5.41 Å². The minimum absolute atomic E-state index is 0.197. The normalized spacial score (nSPS) is 15.2. The molecule has 0 saturated heterocycles. The van der Waals surface area contributed by atoms with Crippen LogP contribution in [-0.4, -0.2) is 10.8 Å². The second kappa shape index (κ2) is 8.10. The molecule has 1 heterocycles. The number of halogens is 2. The Balaban J connectivity index is 1.35. The fraction of sp³-hybridized carbons (Fsp3) is 0.231. The zero-order chi connectivity index (χ0) is 22.3. The summed E-state index contributed by atoms with van der Waals surface area (Å²) in [4.78, 5) is 17.3. The number of rotatable bonds is 5. The van der Waals surface area contributed by atoms with E-state index in [1.54, 1.807) is 12.1 Å². The Morgan fingerprint density at radius 3 is 2.41 bits per heavy atom. The first kappa shape index (κ1) is 20.8. The maximum Gasteiger partial charge on any atom is 0.188 e. The van der Waals surface area contributed by atoms with Crippen molar-refractivity contribution in [3.05, 3.63) is 77.9 Å². The van der Waals surface area contributed by atoms with Crippen molar-refractivity contribution in [1.29, 1.82) is 0 Å². The molecular weight excluding hydrogens is 426 g/mol. The van der Waals surface area contributed by atoms with Gasteiger partial charge in [0.2, 0.25) is 0 Å². The second-order valence-corrected chi connectivity index (χ2v) is 9.66. The van der Waals surface area contributed by atoms with Crippen LogP contribution < -0.4 is 5.32 Å². The van der Waals surface area contributed by atoms with Gasteiger partial charge in [0.25, 0.3) is 0 Å². The van der Waals surface area contributed by atoms with Crippen LogP contribution in [0.2, 0.25) is 0 Å². The summed E-state index contributed by atoms with van der Waals surface area (Å²) in [5.74, 6) is -0.539. The van der Waals surface area contributed by atoms with Crippen LogP contribution in [0, 0.1) is 17.0 Å². The molecule has 0 bridgehead atoms. The van der Waals surface area contributed by atoms with Crippen molar-refractivity contribution >= 4 is 38.2 Å². The molecule has 1 fully saturated rings. The maximum atomic E-state index is 14.8. The molecule has 5 rings (SSSR count). The van der Waals surface area contributed by atoms with E-state index < -0.39 is 5.82 Å². The Morgan fingerprint density at radius 2 is 1.69 bits per heavy atom. The number of nitrogens with one attached hydrogen (secondary N) is 1. The summed E-state index contributed by atoms with van der Waals surface area (Å²) in [5.41, 5.74) is 2.99. The van der Waals surface area contributed by atoms with Crippen molar-refractivity contribution in [2.75, 3.05) is 5.32 Å². The van der Waals surface area contributed by atoms with Gasteiger partial charge in [0.1, 0.15) is 11.6 Å². The highest BCUT2D eigenvalue weighted by Gasteiger charge is 2.36. The van der Waals surface area contributed by atoms with Crippen LogP contribution in [0.3, 0.4) is 0 Å². The van der Waals surface area contributed by atoms with E-state index in [1.807, 2.05) is 30.3 Å². The molecule has 1 N–H and O–H groups in total. The number of nitrogens with zero attached hydrogens (tertiary/aromatic N) is 1. The van der Waals surface area contributed by atoms with Crippen molar-refractivity contribution in [3.63, 3.8) is 0 Å². The zero-order valence-corrected chi connectivity index (χ0v) is 18.4. The highest BCUT2D eigenvalue weighted by atomic mass is 32.1. The fourth-order valence-corrected chi connectivity index (χ4v) is 5.31. The van der Waals surface area contributed by atoms with Gasteiger partial charge < -0.3 is 5.32 Å². The van der Waals surface area contributed by atoms with Crippen molar-refractivity contribution < 1.29 is 13.6 Å². The molecule has 162 valence electrons. The molecule has 4 aromatic rings. The number of ketones is 1. The molecule has 32 heavy (non-hydrogen) atoms. The molecule has 0 spiro atoms. The number of hydrogen-bond acceptors (Lipinski definition) is 4. The molecule has 1 aromatic heterocycles. The maximum absolute atomic E-state index is 14.8. The molecule has 1 saturated carbocycles. The quantitative estimate of drug-likeness (QED) is 0.317. The summed E-state index contributed by atoms with van der Waals surface area (Å²) in [7, 11) is 0. The smallest absolute Gasteiger partial charge is 0.188 e. The summed E-state index contributed by atoms with van der Waals surface area (Å²) in [6.45, 7) is 2.05. The number of fused-ring (bicyclic) bond motifs is 1. The second-order valence-electron chi connectivity index (χ2n) is 8.62. The highest BCUT2D eigenvalue weighted by molar-refractivity contribution is 7.22. The van der Waals surface area contributed by atoms with Crippen molar-refractivity contribution in [3.8, 4) is 11.1 Å². The summed E-state index contributed by atoms with van der Waals surface area (Å²) >= 11 is 1.27. The number of aromatic nitrogens is 1. The summed E-state index contributed by atoms with van der Waals surface area (Å²) in [6.07, 6.45) is 4.09. The van der Waals surface area contributed by atoms with E-state index in [0.717, 1.165) is 36.8 Å². The predicted molar refractivity (Wildman–Crippen MR) is 126 cm³/mol. The third kappa shape index (κ3) is 3.91. The lowest BCUT2D eigenvalue weighted by Crippen LogP contribution is -2.24. The van der Waals surface area contributed by atoms with Gasteiger partial charge in [-0.3, -0.25) is 4.79 Å². The lowest BCUT2D eigenvalue weighted by molar-refractivity contribution is 0.0823. The highest BCUT2D eigenvalue weighted by Crippen LogP contribution is 2.40. The summed E-state index contributed by atoms with van der Waals surface area (Å²) in [6, 6.07) is 16.7. The monoisotopic (exact) mass is 448 g/mol. The molecule has 3 aromatic carbocycles. The van der Waals surface area contributed by atoms with Crippen molar-refractivity contribution in [2.45, 2.75) is 32.6 Å². The van der Waals surface area contributed by atoms with Gasteiger partial charge >= 0.3 is 0 Å². The molecule has 1 aliphatic rings. The van der Waals surface area contributed by atoms with E-state index in [9.17, 15) is 13.6 Å². The topological polar surface area (TPSA) is 42.0 Å².